The first-order valence-electron chi connectivity index (χ1n) is 10.3. The summed E-state index contributed by atoms with van der Waals surface area (Å²) < 4.78 is 1.73. The fraction of sp³-hybridized carbons (Fsp3) is 0.571. The lowest BCUT2D eigenvalue weighted by Crippen LogP contribution is -2.43. The highest BCUT2D eigenvalue weighted by Crippen LogP contribution is 2.18. The van der Waals surface area contributed by atoms with Crippen molar-refractivity contribution in [3.8, 4) is 0 Å². The minimum atomic E-state index is -0.0901. The molecule has 2 aliphatic rings. The lowest BCUT2D eigenvalue weighted by molar-refractivity contribution is -0.122. The van der Waals surface area contributed by atoms with Crippen molar-refractivity contribution in [3.05, 3.63) is 34.6 Å². The number of anilines is 1. The molecule has 0 unspecified atom stereocenters. The fourth-order valence-electron chi connectivity index (χ4n) is 4.20. The van der Waals surface area contributed by atoms with Crippen LogP contribution >= 0.6 is 0 Å². The lowest BCUT2D eigenvalue weighted by atomic mass is 10.1. The van der Waals surface area contributed by atoms with Crippen LogP contribution in [0.5, 0.6) is 0 Å². The molecule has 2 aromatic rings. The Morgan fingerprint density at radius 2 is 1.86 bits per heavy atom. The topological polar surface area (TPSA) is 70.5 Å². The summed E-state index contributed by atoms with van der Waals surface area (Å²) in [5, 5.41) is 3.14. The molecule has 1 aromatic heterocycles. The Labute approximate surface area is 165 Å². The number of amides is 1. The van der Waals surface area contributed by atoms with Gasteiger partial charge in [-0.25, -0.2) is 4.98 Å². The number of aryl methyl sites for hydroxylation is 1. The van der Waals surface area contributed by atoms with E-state index in [-0.39, 0.29) is 17.5 Å². The van der Waals surface area contributed by atoms with Crippen LogP contribution in [0.15, 0.2) is 29.1 Å². The van der Waals surface area contributed by atoms with Crippen LogP contribution in [0, 0.1) is 0 Å². The van der Waals surface area contributed by atoms with E-state index in [4.69, 9.17) is 0 Å². The molecule has 1 amide bonds. The molecule has 7 heteroatoms. The molecule has 0 radical (unpaired) electrons. The fourth-order valence-corrected chi connectivity index (χ4v) is 4.20. The van der Waals surface area contributed by atoms with Crippen molar-refractivity contribution in [2.24, 2.45) is 0 Å². The summed E-state index contributed by atoms with van der Waals surface area (Å²) in [5.41, 5.74) is 1.51. The van der Waals surface area contributed by atoms with Crippen molar-refractivity contribution >= 4 is 22.8 Å². The summed E-state index contributed by atoms with van der Waals surface area (Å²) in [6.45, 7) is 4.15. The summed E-state index contributed by atoms with van der Waals surface area (Å²) in [4.78, 5) is 34.6. The van der Waals surface area contributed by atoms with E-state index in [9.17, 15) is 9.59 Å². The second-order valence-corrected chi connectivity index (χ2v) is 7.97. The maximum atomic E-state index is 13.1. The van der Waals surface area contributed by atoms with Crippen molar-refractivity contribution in [1.29, 1.82) is 0 Å². The minimum Gasteiger partial charge on any atom is -0.353 e. The smallest absolute Gasteiger partial charge is 0.294 e. The molecule has 7 nitrogen and oxygen atoms in total. The number of rotatable bonds is 5. The van der Waals surface area contributed by atoms with Crippen LogP contribution in [-0.2, 0) is 11.3 Å². The minimum absolute atomic E-state index is 0.0186. The Hall–Kier alpha value is -2.41. The number of hydrogen-bond donors (Lipinski definition) is 1. The van der Waals surface area contributed by atoms with Gasteiger partial charge in [0.25, 0.3) is 5.56 Å². The number of nitrogens with zero attached hydrogens (tertiary/aromatic N) is 4. The number of hydrogen-bond acceptors (Lipinski definition) is 5. The van der Waals surface area contributed by atoms with Gasteiger partial charge in [0, 0.05) is 32.1 Å². The monoisotopic (exact) mass is 383 g/mol. The summed E-state index contributed by atoms with van der Waals surface area (Å²) in [7, 11) is 2.11. The number of likely N-dealkylation sites (tertiary alicyclic amines) is 1. The quantitative estimate of drug-likeness (QED) is 0.849. The van der Waals surface area contributed by atoms with Crippen molar-refractivity contribution in [2.75, 3.05) is 38.1 Å². The van der Waals surface area contributed by atoms with Gasteiger partial charge in [0.1, 0.15) is 0 Å². The molecule has 0 spiro atoms. The maximum Gasteiger partial charge on any atom is 0.294 e. The summed E-state index contributed by atoms with van der Waals surface area (Å²) in [6, 6.07) is 7.93. The van der Waals surface area contributed by atoms with Gasteiger partial charge < -0.3 is 19.7 Å². The van der Waals surface area contributed by atoms with Crippen LogP contribution in [-0.4, -0.2) is 59.6 Å². The first-order valence-corrected chi connectivity index (χ1v) is 10.3. The lowest BCUT2D eigenvalue weighted by Gasteiger charge is -2.29. The van der Waals surface area contributed by atoms with Crippen LogP contribution in [0.4, 0.5) is 5.82 Å². The zero-order chi connectivity index (χ0) is 19.5. The summed E-state index contributed by atoms with van der Waals surface area (Å²) in [6.07, 6.45) is 4.46. The molecule has 1 N–H and O–H groups in total. The van der Waals surface area contributed by atoms with Crippen LogP contribution in [0.1, 0.15) is 32.1 Å². The second kappa shape index (κ2) is 8.31. The third-order valence-electron chi connectivity index (χ3n) is 5.89. The normalized spacial score (nSPS) is 18.7. The van der Waals surface area contributed by atoms with Gasteiger partial charge in [-0.2, -0.15) is 0 Å². The molecule has 2 aliphatic heterocycles. The van der Waals surface area contributed by atoms with Crippen molar-refractivity contribution < 1.29 is 4.79 Å². The van der Waals surface area contributed by atoms with E-state index in [1.165, 1.54) is 0 Å². The highest BCUT2D eigenvalue weighted by atomic mass is 16.2. The van der Waals surface area contributed by atoms with Crippen LogP contribution in [0.2, 0.25) is 0 Å². The number of aromatic nitrogens is 2. The van der Waals surface area contributed by atoms with Gasteiger partial charge in [0.2, 0.25) is 5.91 Å². The van der Waals surface area contributed by atoms with E-state index >= 15 is 0 Å². The maximum absolute atomic E-state index is 13.1. The summed E-state index contributed by atoms with van der Waals surface area (Å²) in [5.74, 6) is 0.539. The highest BCUT2D eigenvalue weighted by Gasteiger charge is 2.21. The molecular formula is C21H29N5O2. The Morgan fingerprint density at radius 3 is 2.61 bits per heavy atom. The van der Waals surface area contributed by atoms with Crippen LogP contribution < -0.4 is 15.8 Å². The Balaban J connectivity index is 1.51. The van der Waals surface area contributed by atoms with Gasteiger partial charge in [-0.15, -0.1) is 0 Å². The Bertz CT molecular complexity index is 895. The standard InChI is InChI=1S/C21H29N5O2/c1-24-13-8-16(9-14-24)22-19(27)10-15-26-18-7-3-2-6-17(18)23-20(21(26)28)25-11-4-5-12-25/h2-3,6-7,16H,4-5,8-15H2,1H3,(H,22,27). The van der Waals surface area contributed by atoms with Gasteiger partial charge in [-0.1, -0.05) is 12.1 Å². The van der Waals surface area contributed by atoms with Crippen LogP contribution in [0.25, 0.3) is 11.0 Å². The average molecular weight is 383 g/mol. The van der Waals surface area contributed by atoms with E-state index in [1.807, 2.05) is 24.3 Å². The molecule has 0 atom stereocenters. The first-order chi connectivity index (χ1) is 13.6. The SMILES string of the molecule is CN1CCC(NC(=O)CCn2c(=O)c(N3CCCC3)nc3ccccc32)CC1. The highest BCUT2D eigenvalue weighted by molar-refractivity contribution is 5.78. The predicted molar refractivity (Wildman–Crippen MR) is 111 cm³/mol. The number of fused-ring (bicyclic) bond motifs is 1. The van der Waals surface area contributed by atoms with Gasteiger partial charge in [-0.3, -0.25) is 9.59 Å². The zero-order valence-corrected chi connectivity index (χ0v) is 16.6. The largest absolute Gasteiger partial charge is 0.353 e. The van der Waals surface area contributed by atoms with Crippen molar-refractivity contribution in [2.45, 2.75) is 44.7 Å². The van der Waals surface area contributed by atoms with Crippen molar-refractivity contribution in [3.63, 3.8) is 0 Å². The molecule has 0 saturated carbocycles. The number of benzene rings is 1. The summed E-state index contributed by atoms with van der Waals surface area (Å²) >= 11 is 0. The van der Waals surface area contributed by atoms with E-state index in [0.717, 1.165) is 62.9 Å². The number of carbonyl (C=O) groups excluding carboxylic acids is 1. The van der Waals surface area contributed by atoms with E-state index in [0.29, 0.717) is 18.8 Å². The molecule has 2 fully saturated rings. The molecule has 2 saturated heterocycles. The van der Waals surface area contributed by atoms with E-state index in [2.05, 4.69) is 27.1 Å². The first kappa shape index (κ1) is 18.9. The molecule has 1 aromatic carbocycles. The van der Waals surface area contributed by atoms with Crippen molar-refractivity contribution in [1.82, 2.24) is 19.8 Å². The molecule has 0 bridgehead atoms. The number of piperidine rings is 1. The molecular weight excluding hydrogens is 354 g/mol. The zero-order valence-electron chi connectivity index (χ0n) is 16.6. The Morgan fingerprint density at radius 1 is 1.14 bits per heavy atom. The average Bonchev–Trinajstić information content (AvgIpc) is 3.23. The third kappa shape index (κ3) is 4.04. The van der Waals surface area contributed by atoms with E-state index < -0.39 is 0 Å². The third-order valence-corrected chi connectivity index (χ3v) is 5.89. The Kier molecular flexibility index (Phi) is 5.62. The number of nitrogens with one attached hydrogen (secondary N) is 1. The molecule has 4 rings (SSSR count). The molecule has 0 aliphatic carbocycles. The predicted octanol–water partition coefficient (Wildman–Crippen LogP) is 1.60. The number of carbonyl (C=O) groups is 1. The second-order valence-electron chi connectivity index (χ2n) is 7.97. The molecule has 150 valence electrons. The van der Waals surface area contributed by atoms with Gasteiger partial charge in [-0.05, 0) is 58.0 Å². The van der Waals surface area contributed by atoms with Gasteiger partial charge >= 0.3 is 0 Å². The molecule has 28 heavy (non-hydrogen) atoms. The van der Waals surface area contributed by atoms with Gasteiger partial charge in [0.05, 0.1) is 11.0 Å². The van der Waals surface area contributed by atoms with Crippen LogP contribution in [0.3, 0.4) is 0 Å². The molecule has 3 heterocycles. The number of para-hydroxylation sites is 2. The van der Waals surface area contributed by atoms with Gasteiger partial charge in [0.15, 0.2) is 5.82 Å². The van der Waals surface area contributed by atoms with E-state index in [1.54, 1.807) is 4.57 Å².